The molecule has 0 radical (unpaired) electrons. The van der Waals surface area contributed by atoms with Gasteiger partial charge in [0.25, 0.3) is 0 Å². The van der Waals surface area contributed by atoms with Crippen LogP contribution in [0.3, 0.4) is 0 Å². The molecule has 0 aliphatic rings. The minimum Gasteiger partial charge on any atom is -0.507 e. The fourth-order valence-electron chi connectivity index (χ4n) is 3.77. The Morgan fingerprint density at radius 1 is 1.06 bits per heavy atom. The number of carbonyl (C=O) groups excluding carboxylic acids is 1. The molecule has 1 aromatic carbocycles. The van der Waals surface area contributed by atoms with Crippen LogP contribution >= 0.6 is 0 Å². The Morgan fingerprint density at radius 3 is 2.26 bits per heavy atom. The molecule has 0 fully saturated rings. The van der Waals surface area contributed by atoms with Gasteiger partial charge in [-0.3, -0.25) is 9.20 Å². The van der Waals surface area contributed by atoms with Gasteiger partial charge in [0.15, 0.2) is 11.5 Å². The number of aryl methyl sites for hydroxylation is 1. The first-order valence-corrected chi connectivity index (χ1v) is 10.8. The highest BCUT2D eigenvalue weighted by atomic mass is 16.3. The molecule has 0 saturated carbocycles. The number of hydrogen-bond acceptors (Lipinski definition) is 4. The molecule has 0 spiro atoms. The van der Waals surface area contributed by atoms with Crippen LogP contribution in [-0.2, 0) is 22.0 Å². The molecule has 2 heterocycles. The average Bonchev–Trinajstić information content (AvgIpc) is 3.09. The van der Waals surface area contributed by atoms with Crippen molar-refractivity contribution >= 4 is 11.6 Å². The quantitative estimate of drug-likeness (QED) is 0.617. The summed E-state index contributed by atoms with van der Waals surface area (Å²) in [6.07, 6.45) is 2.86. The number of rotatable bonds is 5. The first-order chi connectivity index (χ1) is 14.4. The Balaban J connectivity index is 1.75. The molecule has 2 N–H and O–H groups in total. The maximum absolute atomic E-state index is 12.7. The summed E-state index contributed by atoms with van der Waals surface area (Å²) in [5, 5.41) is 22.3. The summed E-state index contributed by atoms with van der Waals surface area (Å²) < 4.78 is 1.89. The Morgan fingerprint density at radius 2 is 1.68 bits per heavy atom. The number of carbonyl (C=O) groups is 1. The van der Waals surface area contributed by atoms with Gasteiger partial charge in [-0.05, 0) is 53.0 Å². The van der Waals surface area contributed by atoms with E-state index in [2.05, 4.69) is 57.1 Å². The number of fused-ring (bicyclic) bond motifs is 1. The number of phenols is 1. The third-order valence-electron chi connectivity index (χ3n) is 5.53. The number of nitrogens with zero attached hydrogens (tertiary/aromatic N) is 3. The van der Waals surface area contributed by atoms with E-state index >= 15 is 0 Å². The van der Waals surface area contributed by atoms with E-state index in [-0.39, 0.29) is 22.8 Å². The molecule has 1 amide bonds. The number of pyridine rings is 1. The summed E-state index contributed by atoms with van der Waals surface area (Å²) in [6.45, 7) is 14.5. The minimum absolute atomic E-state index is 0.0390. The molecule has 31 heavy (non-hydrogen) atoms. The number of benzene rings is 1. The Hall–Kier alpha value is -2.89. The summed E-state index contributed by atoms with van der Waals surface area (Å²) in [7, 11) is 0. The molecule has 1 unspecified atom stereocenters. The smallest absolute Gasteiger partial charge is 0.220 e. The van der Waals surface area contributed by atoms with Gasteiger partial charge in [-0.2, -0.15) is 0 Å². The summed E-state index contributed by atoms with van der Waals surface area (Å²) in [5.41, 5.74) is 3.27. The van der Waals surface area contributed by atoms with Crippen LogP contribution in [-0.4, -0.2) is 25.6 Å². The number of hydrogen-bond donors (Lipinski definition) is 2. The largest absolute Gasteiger partial charge is 0.507 e. The number of amides is 1. The molecule has 1 atom stereocenters. The predicted octanol–water partition coefficient (Wildman–Crippen LogP) is 4.84. The van der Waals surface area contributed by atoms with Gasteiger partial charge in [0, 0.05) is 12.6 Å². The van der Waals surface area contributed by atoms with Crippen LogP contribution in [0.5, 0.6) is 5.75 Å². The van der Waals surface area contributed by atoms with Crippen molar-refractivity contribution < 1.29 is 9.90 Å². The van der Waals surface area contributed by atoms with Crippen LogP contribution < -0.4 is 5.32 Å². The van der Waals surface area contributed by atoms with Crippen molar-refractivity contribution in [2.45, 2.75) is 78.2 Å². The lowest BCUT2D eigenvalue weighted by atomic mass is 9.78. The lowest BCUT2D eigenvalue weighted by Gasteiger charge is -2.28. The molecule has 2 aromatic heterocycles. The van der Waals surface area contributed by atoms with E-state index in [1.54, 1.807) is 0 Å². The van der Waals surface area contributed by atoms with Crippen LogP contribution in [0, 0.1) is 0 Å². The van der Waals surface area contributed by atoms with Crippen molar-refractivity contribution in [3.05, 3.63) is 59.0 Å². The van der Waals surface area contributed by atoms with E-state index in [1.807, 2.05) is 47.9 Å². The van der Waals surface area contributed by atoms with E-state index in [4.69, 9.17) is 0 Å². The van der Waals surface area contributed by atoms with Crippen LogP contribution in [0.2, 0.25) is 0 Å². The minimum atomic E-state index is -0.250. The van der Waals surface area contributed by atoms with Gasteiger partial charge in [0.2, 0.25) is 5.91 Å². The van der Waals surface area contributed by atoms with Crippen LogP contribution in [0.4, 0.5) is 0 Å². The summed E-state index contributed by atoms with van der Waals surface area (Å²) >= 11 is 0. The molecular formula is C25H34N4O2. The number of nitrogens with one attached hydrogen (secondary N) is 1. The van der Waals surface area contributed by atoms with Crippen molar-refractivity contribution in [3.63, 3.8) is 0 Å². The topological polar surface area (TPSA) is 79.5 Å². The van der Waals surface area contributed by atoms with E-state index < -0.39 is 0 Å². The fourth-order valence-corrected chi connectivity index (χ4v) is 3.77. The van der Waals surface area contributed by atoms with Crippen molar-refractivity contribution in [1.82, 2.24) is 19.9 Å². The summed E-state index contributed by atoms with van der Waals surface area (Å²) in [4.78, 5) is 12.7. The molecule has 6 heteroatoms. The predicted molar refractivity (Wildman–Crippen MR) is 123 cm³/mol. The molecule has 0 saturated heterocycles. The monoisotopic (exact) mass is 422 g/mol. The van der Waals surface area contributed by atoms with Gasteiger partial charge in [-0.15, -0.1) is 10.2 Å². The molecule has 0 aliphatic heterocycles. The van der Waals surface area contributed by atoms with E-state index in [0.717, 1.165) is 22.3 Å². The van der Waals surface area contributed by atoms with Crippen molar-refractivity contribution in [2.75, 3.05) is 0 Å². The lowest BCUT2D eigenvalue weighted by molar-refractivity contribution is -0.121. The van der Waals surface area contributed by atoms with E-state index in [1.165, 1.54) is 0 Å². The van der Waals surface area contributed by atoms with E-state index in [0.29, 0.717) is 24.4 Å². The van der Waals surface area contributed by atoms with Gasteiger partial charge >= 0.3 is 0 Å². The van der Waals surface area contributed by atoms with E-state index in [9.17, 15) is 9.90 Å². The summed E-state index contributed by atoms with van der Waals surface area (Å²) in [5.74, 6) is 1.03. The Kier molecular flexibility index (Phi) is 6.12. The second-order valence-electron chi connectivity index (χ2n) is 10.3. The zero-order valence-electron chi connectivity index (χ0n) is 19.7. The van der Waals surface area contributed by atoms with Gasteiger partial charge in [-0.25, -0.2) is 0 Å². The average molecular weight is 423 g/mol. The number of aromatic nitrogens is 3. The number of phenolic OH excluding ortho intramolecular Hbond substituents is 1. The maximum Gasteiger partial charge on any atom is 0.220 e. The molecule has 3 aromatic rings. The molecule has 0 bridgehead atoms. The van der Waals surface area contributed by atoms with Gasteiger partial charge in [0.05, 0.1) is 6.04 Å². The second-order valence-corrected chi connectivity index (χ2v) is 10.3. The first kappa shape index (κ1) is 22.8. The summed E-state index contributed by atoms with van der Waals surface area (Å²) in [6, 6.07) is 9.53. The lowest BCUT2D eigenvalue weighted by Crippen LogP contribution is -2.28. The van der Waals surface area contributed by atoms with Crippen molar-refractivity contribution in [1.29, 1.82) is 0 Å². The highest BCUT2D eigenvalue weighted by Gasteiger charge is 2.26. The highest BCUT2D eigenvalue weighted by molar-refractivity contribution is 5.76. The van der Waals surface area contributed by atoms with Gasteiger partial charge in [0.1, 0.15) is 5.75 Å². The van der Waals surface area contributed by atoms with Crippen LogP contribution in [0.15, 0.2) is 36.5 Å². The van der Waals surface area contributed by atoms with Crippen molar-refractivity contribution in [3.8, 4) is 5.75 Å². The third-order valence-corrected chi connectivity index (χ3v) is 5.53. The fraction of sp³-hybridized carbons (Fsp3) is 0.480. The molecule has 3 rings (SSSR count). The van der Waals surface area contributed by atoms with Gasteiger partial charge < -0.3 is 10.4 Å². The zero-order valence-corrected chi connectivity index (χ0v) is 19.7. The van der Waals surface area contributed by atoms with Crippen molar-refractivity contribution in [2.24, 2.45) is 0 Å². The third kappa shape index (κ3) is 5.06. The Bertz CT molecular complexity index is 1050. The molecule has 166 valence electrons. The Labute approximate surface area is 184 Å². The molecule has 0 aliphatic carbocycles. The second kappa shape index (κ2) is 8.33. The normalized spacial score (nSPS) is 13.4. The zero-order chi connectivity index (χ0) is 23.0. The number of aromatic hydroxyl groups is 1. The SMILES string of the molecule is CC(NC(=O)CCc1cc(C(C)(C)C)c(O)c(C(C)(C)C)c1)c1nnc2ccccn12. The maximum atomic E-state index is 12.7. The standard InChI is InChI=1S/C25H34N4O2/c1-16(23-28-27-20-10-8-9-13-29(20)23)26-21(30)12-11-17-14-18(24(2,3)4)22(31)19(15-17)25(5,6)7/h8-10,13-16,31H,11-12H2,1-7H3,(H,26,30). The van der Waals surface area contributed by atoms with Crippen LogP contribution in [0.25, 0.3) is 5.65 Å². The van der Waals surface area contributed by atoms with Crippen LogP contribution in [0.1, 0.15) is 83.4 Å². The van der Waals surface area contributed by atoms with Gasteiger partial charge in [-0.1, -0.05) is 59.7 Å². The molecule has 6 nitrogen and oxygen atoms in total. The molecular weight excluding hydrogens is 388 g/mol. The highest BCUT2D eigenvalue weighted by Crippen LogP contribution is 2.40. The first-order valence-electron chi connectivity index (χ1n) is 10.8.